The highest BCUT2D eigenvalue weighted by Crippen LogP contribution is 2.39. The highest BCUT2D eigenvalue weighted by molar-refractivity contribution is 9.10. The summed E-state index contributed by atoms with van der Waals surface area (Å²) >= 11 is 9.53. The van der Waals surface area contributed by atoms with Gasteiger partial charge in [0.1, 0.15) is 10.6 Å². The molecule has 2 rings (SSSR count). The summed E-state index contributed by atoms with van der Waals surface area (Å²) in [6.45, 7) is 2.58. The molecule has 28 heavy (non-hydrogen) atoms. The van der Waals surface area contributed by atoms with Gasteiger partial charge in [-0.15, -0.1) is 0 Å². The largest absolute Gasteiger partial charge is 0.504 e. The van der Waals surface area contributed by atoms with E-state index in [1.165, 1.54) is 26.2 Å². The Morgan fingerprint density at radius 2 is 1.89 bits per heavy atom. The van der Waals surface area contributed by atoms with Crippen molar-refractivity contribution in [3.63, 3.8) is 0 Å². The second-order valence-corrected chi connectivity index (χ2v) is 9.45. The van der Waals surface area contributed by atoms with Gasteiger partial charge in [0.2, 0.25) is 16.0 Å². The number of aliphatic imine (C=N–C) groups is 1. The molecule has 0 aliphatic rings. The molecule has 2 aromatic carbocycles. The number of benzene rings is 2. The van der Waals surface area contributed by atoms with Gasteiger partial charge in [0.25, 0.3) is 0 Å². The first-order valence-corrected chi connectivity index (χ1v) is 11.0. The van der Waals surface area contributed by atoms with Crippen LogP contribution in [0.1, 0.15) is 13.3 Å². The molecule has 0 aliphatic heterocycles. The zero-order chi connectivity index (χ0) is 21.1. The van der Waals surface area contributed by atoms with Crippen LogP contribution in [0, 0.1) is 0 Å². The third kappa shape index (κ3) is 4.60. The Morgan fingerprint density at radius 3 is 2.46 bits per heavy atom. The summed E-state index contributed by atoms with van der Waals surface area (Å²) < 4.78 is 26.8. The van der Waals surface area contributed by atoms with E-state index in [-0.39, 0.29) is 16.7 Å². The summed E-state index contributed by atoms with van der Waals surface area (Å²) in [5.74, 6) is -0.438. The Labute approximate surface area is 178 Å². The Bertz CT molecular complexity index is 996. The maximum absolute atomic E-state index is 12.5. The predicted octanol–water partition coefficient (Wildman–Crippen LogP) is 3.92. The molecule has 0 aliphatic carbocycles. The molecule has 0 saturated heterocycles. The number of halogens is 2. The Morgan fingerprint density at radius 1 is 1.25 bits per heavy atom. The lowest BCUT2D eigenvalue weighted by molar-refractivity contribution is 0.454. The van der Waals surface area contributed by atoms with Crippen molar-refractivity contribution in [2.45, 2.75) is 18.2 Å². The van der Waals surface area contributed by atoms with Crippen LogP contribution in [-0.2, 0) is 10.0 Å². The van der Waals surface area contributed by atoms with Crippen molar-refractivity contribution in [2.24, 2.45) is 10.7 Å². The monoisotopic (exact) mass is 488 g/mol. The lowest BCUT2D eigenvalue weighted by Gasteiger charge is -2.24. The summed E-state index contributed by atoms with van der Waals surface area (Å²) in [4.78, 5) is 5.65. The molecule has 0 unspecified atom stereocenters. The van der Waals surface area contributed by atoms with Crippen molar-refractivity contribution in [1.29, 1.82) is 0 Å². The lowest BCUT2D eigenvalue weighted by Crippen LogP contribution is -2.38. The quantitative estimate of drug-likeness (QED) is 0.473. The second-order valence-electron chi connectivity index (χ2n) is 6.10. The van der Waals surface area contributed by atoms with Crippen molar-refractivity contribution in [3.8, 4) is 5.75 Å². The van der Waals surface area contributed by atoms with Crippen LogP contribution in [0.4, 0.5) is 11.4 Å². The number of anilines is 1. The fourth-order valence-electron chi connectivity index (χ4n) is 2.49. The number of rotatable bonds is 6. The van der Waals surface area contributed by atoms with E-state index in [0.29, 0.717) is 6.54 Å². The molecular weight excluding hydrogens is 468 g/mol. The van der Waals surface area contributed by atoms with Gasteiger partial charge in [0.15, 0.2) is 5.75 Å². The maximum atomic E-state index is 12.5. The zero-order valence-electron chi connectivity index (χ0n) is 15.7. The summed E-state index contributed by atoms with van der Waals surface area (Å²) in [5, 5.41) is 10.5. The maximum Gasteiger partial charge on any atom is 0.247 e. The number of para-hydroxylation sites is 1. The fraction of sp³-hybridized carbons (Fsp3) is 0.278. The highest BCUT2D eigenvalue weighted by Gasteiger charge is 2.27. The molecule has 0 spiro atoms. The molecule has 7 nitrogen and oxygen atoms in total. The topological polar surface area (TPSA) is 99.2 Å². The first-order valence-electron chi connectivity index (χ1n) is 8.41. The van der Waals surface area contributed by atoms with Crippen LogP contribution in [0.3, 0.4) is 0 Å². The molecule has 0 saturated carbocycles. The Hall–Kier alpha value is -1.81. The SMILES string of the molecule is CCCN(C(N)=Nc1ccc(Cl)c(S(=O)(=O)N(C)C)c1O)c1ccccc1Br. The van der Waals surface area contributed by atoms with Gasteiger partial charge in [0, 0.05) is 25.1 Å². The van der Waals surface area contributed by atoms with E-state index < -0.39 is 20.7 Å². The van der Waals surface area contributed by atoms with Gasteiger partial charge < -0.3 is 15.7 Å². The summed E-state index contributed by atoms with van der Waals surface area (Å²) in [6.07, 6.45) is 0.796. The lowest BCUT2D eigenvalue weighted by atomic mass is 10.2. The van der Waals surface area contributed by atoms with Crippen molar-refractivity contribution in [3.05, 3.63) is 45.9 Å². The molecule has 0 heterocycles. The average Bonchev–Trinajstić information content (AvgIpc) is 2.62. The Balaban J connectivity index is 2.59. The molecular formula is C18H22BrClN4O3S. The number of aromatic hydroxyl groups is 1. The number of sulfonamides is 1. The molecule has 0 amide bonds. The minimum Gasteiger partial charge on any atom is -0.504 e. The predicted molar refractivity (Wildman–Crippen MR) is 117 cm³/mol. The van der Waals surface area contributed by atoms with Gasteiger partial charge >= 0.3 is 0 Å². The standard InChI is InChI=1S/C18H22BrClN4O3S/c1-4-11-24(15-8-6-5-7-12(15)19)18(21)22-14-10-9-13(20)17(16(14)25)28(26,27)23(2)3/h5-10,25H,4,11H2,1-3H3,(H2,21,22). The van der Waals surface area contributed by atoms with Crippen LogP contribution < -0.4 is 10.6 Å². The van der Waals surface area contributed by atoms with E-state index >= 15 is 0 Å². The van der Waals surface area contributed by atoms with Crippen LogP contribution >= 0.6 is 27.5 Å². The van der Waals surface area contributed by atoms with E-state index in [2.05, 4.69) is 20.9 Å². The summed E-state index contributed by atoms with van der Waals surface area (Å²) in [5.41, 5.74) is 7.03. The molecule has 0 fully saturated rings. The third-order valence-corrected chi connectivity index (χ3v) is 6.89. The van der Waals surface area contributed by atoms with Gasteiger partial charge in [-0.1, -0.05) is 30.7 Å². The summed E-state index contributed by atoms with van der Waals surface area (Å²) in [6, 6.07) is 10.3. The number of phenolic OH excluding ortho intramolecular Hbond substituents is 1. The first kappa shape index (κ1) is 22.5. The van der Waals surface area contributed by atoms with Crippen LogP contribution in [0.5, 0.6) is 5.75 Å². The highest BCUT2D eigenvalue weighted by atomic mass is 79.9. The molecule has 0 radical (unpaired) electrons. The van der Waals surface area contributed by atoms with Gasteiger partial charge in [-0.05, 0) is 46.6 Å². The van der Waals surface area contributed by atoms with Gasteiger partial charge in [-0.25, -0.2) is 17.7 Å². The Kier molecular flexibility index (Phi) is 7.33. The van der Waals surface area contributed by atoms with Gasteiger partial charge in [-0.3, -0.25) is 0 Å². The van der Waals surface area contributed by atoms with Crippen molar-refractivity contribution in [1.82, 2.24) is 4.31 Å². The van der Waals surface area contributed by atoms with E-state index in [1.54, 1.807) is 4.90 Å². The number of nitrogens with zero attached hydrogens (tertiary/aromatic N) is 3. The number of guanidine groups is 1. The molecule has 0 bridgehead atoms. The number of nitrogens with two attached hydrogens (primary N) is 1. The normalized spacial score (nSPS) is 12.4. The van der Waals surface area contributed by atoms with Crippen LogP contribution in [0.15, 0.2) is 50.8 Å². The number of phenols is 1. The molecule has 152 valence electrons. The zero-order valence-corrected chi connectivity index (χ0v) is 18.9. The molecule has 10 heteroatoms. The van der Waals surface area contributed by atoms with E-state index in [0.717, 1.165) is 20.9 Å². The van der Waals surface area contributed by atoms with E-state index in [4.69, 9.17) is 17.3 Å². The first-order chi connectivity index (χ1) is 13.1. The second kappa shape index (κ2) is 9.13. The van der Waals surface area contributed by atoms with E-state index in [1.807, 2.05) is 31.2 Å². The van der Waals surface area contributed by atoms with Crippen LogP contribution in [0.2, 0.25) is 5.02 Å². The number of hydrogen-bond donors (Lipinski definition) is 2. The smallest absolute Gasteiger partial charge is 0.247 e. The minimum atomic E-state index is -3.97. The third-order valence-electron chi connectivity index (χ3n) is 3.90. The minimum absolute atomic E-state index is 0.00971. The molecule has 3 N–H and O–H groups in total. The summed E-state index contributed by atoms with van der Waals surface area (Å²) in [7, 11) is -1.26. The van der Waals surface area contributed by atoms with Gasteiger partial charge in [0.05, 0.1) is 10.7 Å². The van der Waals surface area contributed by atoms with Crippen molar-refractivity contribution in [2.75, 3.05) is 25.5 Å². The average molecular weight is 490 g/mol. The van der Waals surface area contributed by atoms with Crippen molar-refractivity contribution < 1.29 is 13.5 Å². The molecule has 2 aromatic rings. The number of hydrogen-bond acceptors (Lipinski definition) is 4. The van der Waals surface area contributed by atoms with Gasteiger partial charge in [-0.2, -0.15) is 0 Å². The molecule has 0 atom stereocenters. The van der Waals surface area contributed by atoms with Crippen LogP contribution in [0.25, 0.3) is 0 Å². The van der Waals surface area contributed by atoms with Crippen LogP contribution in [-0.4, -0.2) is 44.4 Å². The van der Waals surface area contributed by atoms with Crippen molar-refractivity contribution >= 4 is 54.9 Å². The fourth-order valence-corrected chi connectivity index (χ4v) is 4.46. The van der Waals surface area contributed by atoms with E-state index in [9.17, 15) is 13.5 Å². The molecule has 0 aromatic heterocycles.